The molecule has 0 heterocycles. The number of nitrogens with one attached hydrogen (secondary N) is 2. The van der Waals surface area contributed by atoms with Crippen molar-refractivity contribution in [3.05, 3.63) is 120 Å². The molecule has 0 amide bonds. The molecule has 1 aliphatic rings. The van der Waals surface area contributed by atoms with Crippen molar-refractivity contribution in [3.63, 3.8) is 0 Å². The lowest BCUT2D eigenvalue weighted by molar-refractivity contribution is 1.42. The van der Waals surface area contributed by atoms with E-state index in [1.807, 2.05) is 18.2 Å². The minimum absolute atomic E-state index is 1.04. The minimum Gasteiger partial charge on any atom is -0.356 e. The van der Waals surface area contributed by atoms with Gasteiger partial charge in [0.15, 0.2) is 5.56 Å². The van der Waals surface area contributed by atoms with Crippen molar-refractivity contribution >= 4 is 33.9 Å². The lowest BCUT2D eigenvalue weighted by atomic mass is 10.0. The zero-order valence-corrected chi connectivity index (χ0v) is 15.3. The Bertz CT molecular complexity index is 1200. The molecule has 4 aromatic carbocycles. The van der Waals surface area contributed by atoms with Crippen molar-refractivity contribution in [2.45, 2.75) is 0 Å². The molecule has 2 nitrogen and oxygen atoms in total. The highest BCUT2D eigenvalue weighted by Crippen LogP contribution is 2.25. The van der Waals surface area contributed by atoms with Crippen LogP contribution in [0.25, 0.3) is 16.8 Å². The Balaban J connectivity index is 1.30. The second-order valence-corrected chi connectivity index (χ2v) is 6.86. The van der Waals surface area contributed by atoms with E-state index in [9.17, 15) is 0 Å². The van der Waals surface area contributed by atoms with Crippen LogP contribution < -0.4 is 10.6 Å². The lowest BCUT2D eigenvalue weighted by Gasteiger charge is -2.10. The molecule has 0 spiro atoms. The van der Waals surface area contributed by atoms with E-state index in [1.54, 1.807) is 0 Å². The molecule has 0 aromatic heterocycles. The normalized spacial score (nSPS) is 12.1. The highest BCUT2D eigenvalue weighted by Gasteiger charge is 2.13. The Morgan fingerprint density at radius 3 is 2.11 bits per heavy atom. The largest absolute Gasteiger partial charge is 0.356 e. The van der Waals surface area contributed by atoms with Crippen LogP contribution >= 0.6 is 0 Å². The number of hydrogen-bond acceptors (Lipinski definition) is 2. The van der Waals surface area contributed by atoms with Gasteiger partial charge in [-0.15, -0.1) is 0 Å². The fourth-order valence-electron chi connectivity index (χ4n) is 3.43. The Hall–Kier alpha value is -3.87. The molecule has 2 heteroatoms. The number of hydrogen-bond donors (Lipinski definition) is 2. The smallest absolute Gasteiger partial charge is 0.155 e. The lowest BCUT2D eigenvalue weighted by Crippen LogP contribution is -2.00. The summed E-state index contributed by atoms with van der Waals surface area (Å²) in [4.78, 5) is 0. The van der Waals surface area contributed by atoms with Gasteiger partial charge >= 0.3 is 0 Å². The van der Waals surface area contributed by atoms with Crippen LogP contribution in [0.1, 0.15) is 11.1 Å². The Morgan fingerprint density at radius 2 is 1.25 bits per heavy atom. The first kappa shape index (κ1) is 16.3. The molecule has 0 saturated heterocycles. The maximum Gasteiger partial charge on any atom is 0.155 e. The number of rotatable bonds is 4. The molecule has 0 aliphatic heterocycles. The van der Waals surface area contributed by atoms with Gasteiger partial charge in [0.05, 0.1) is 17.7 Å². The molecule has 0 fully saturated rings. The van der Waals surface area contributed by atoms with Crippen molar-refractivity contribution in [1.82, 2.24) is 0 Å². The highest BCUT2D eigenvalue weighted by molar-refractivity contribution is 5.86. The Kier molecular flexibility index (Phi) is 4.10. The van der Waals surface area contributed by atoms with Crippen molar-refractivity contribution < 1.29 is 0 Å². The van der Waals surface area contributed by atoms with E-state index in [1.165, 1.54) is 16.3 Å². The second kappa shape index (κ2) is 7.03. The summed E-state index contributed by atoms with van der Waals surface area (Å²) in [6, 6.07) is 31.4. The molecule has 2 N–H and O–H groups in total. The molecule has 1 aliphatic carbocycles. The van der Waals surface area contributed by atoms with Gasteiger partial charge in [0.1, 0.15) is 5.70 Å². The zero-order valence-electron chi connectivity index (χ0n) is 15.3. The summed E-state index contributed by atoms with van der Waals surface area (Å²) in [5, 5.41) is 9.41. The van der Waals surface area contributed by atoms with Crippen molar-refractivity contribution in [1.29, 1.82) is 0 Å². The van der Waals surface area contributed by atoms with E-state index in [-0.39, 0.29) is 0 Å². The summed E-state index contributed by atoms with van der Waals surface area (Å²) in [6.45, 7) is 0. The van der Waals surface area contributed by atoms with E-state index in [4.69, 9.17) is 0 Å². The van der Waals surface area contributed by atoms with Gasteiger partial charge in [-0.05, 0) is 65.4 Å². The molecule has 5 rings (SSSR count). The molecule has 4 aromatic rings. The van der Waals surface area contributed by atoms with Gasteiger partial charge in [-0.3, -0.25) is 0 Å². The maximum atomic E-state index is 3.48. The number of benzene rings is 4. The van der Waals surface area contributed by atoms with Gasteiger partial charge in [0.2, 0.25) is 0 Å². The molecule has 132 valence electrons. The summed E-state index contributed by atoms with van der Waals surface area (Å²) < 4.78 is 0. The monoisotopic (exact) mass is 359 g/mol. The van der Waals surface area contributed by atoms with Crippen LogP contribution in [-0.2, 0) is 0 Å². The molecule has 28 heavy (non-hydrogen) atoms. The molecule has 0 saturated carbocycles. The summed E-state index contributed by atoms with van der Waals surface area (Å²) >= 11 is 0. The first-order chi connectivity index (χ1) is 13.8. The molecule has 0 radical (unpaired) electrons. The topological polar surface area (TPSA) is 24.1 Å². The van der Waals surface area contributed by atoms with Gasteiger partial charge in [-0.25, -0.2) is 0 Å². The third kappa shape index (κ3) is 3.37. The Morgan fingerprint density at radius 1 is 0.571 bits per heavy atom. The van der Waals surface area contributed by atoms with Crippen LogP contribution in [0.15, 0.2) is 103 Å². The average molecular weight is 359 g/mol. The van der Waals surface area contributed by atoms with Crippen LogP contribution in [0.4, 0.5) is 17.1 Å². The van der Waals surface area contributed by atoms with Gasteiger partial charge in [0, 0.05) is 29.2 Å². The molecular weight excluding hydrogens is 340 g/mol. The van der Waals surface area contributed by atoms with E-state index in [2.05, 4.69) is 102 Å². The fraction of sp³-hybridized carbons (Fsp3) is 0. The Labute approximate surface area is 164 Å². The van der Waals surface area contributed by atoms with Crippen molar-refractivity contribution in [3.8, 4) is 0 Å². The predicted molar refractivity (Wildman–Crippen MR) is 119 cm³/mol. The predicted octanol–water partition coefficient (Wildman–Crippen LogP) is 6.76. The first-order valence-electron chi connectivity index (χ1n) is 9.37. The summed E-state index contributed by atoms with van der Waals surface area (Å²) in [7, 11) is 0. The van der Waals surface area contributed by atoms with Gasteiger partial charge in [0.25, 0.3) is 0 Å². The van der Waals surface area contributed by atoms with Crippen LogP contribution in [0.5, 0.6) is 0 Å². The minimum atomic E-state index is 1.04. The van der Waals surface area contributed by atoms with E-state index < -0.39 is 0 Å². The number of allylic oxidation sites excluding steroid dienone is 1. The average Bonchev–Trinajstić information content (AvgIpc) is 2.75. The quantitative estimate of drug-likeness (QED) is 0.393. The maximum absolute atomic E-state index is 3.48. The van der Waals surface area contributed by atoms with Crippen molar-refractivity contribution in [2.75, 3.05) is 10.6 Å². The van der Waals surface area contributed by atoms with Crippen LogP contribution in [0.3, 0.4) is 0 Å². The second-order valence-electron chi connectivity index (χ2n) is 6.86. The van der Waals surface area contributed by atoms with E-state index in [0.29, 0.717) is 0 Å². The fourth-order valence-corrected chi connectivity index (χ4v) is 3.43. The van der Waals surface area contributed by atoms with Crippen LogP contribution in [0, 0.1) is 6.08 Å². The summed E-state index contributed by atoms with van der Waals surface area (Å²) in [5.41, 5.74) is 6.54. The standard InChI is InChI=1S/C26H19N2/c1-3-7-21-17-25(11-9-19(21)5-1)27-23-13-15-24(16-14-23)28-26-12-10-20-6-2-4-8-22(20)18-26/h1-9,11-18,27-28H/q+1. The molecule has 0 bridgehead atoms. The summed E-state index contributed by atoms with van der Waals surface area (Å²) in [6.07, 6.45) is 7.46. The summed E-state index contributed by atoms with van der Waals surface area (Å²) in [5.74, 6) is 0. The van der Waals surface area contributed by atoms with E-state index >= 15 is 0 Å². The third-order valence-electron chi connectivity index (χ3n) is 4.87. The molecule has 0 unspecified atom stereocenters. The van der Waals surface area contributed by atoms with Gasteiger partial charge in [-0.2, -0.15) is 0 Å². The van der Waals surface area contributed by atoms with Crippen molar-refractivity contribution in [2.24, 2.45) is 0 Å². The van der Waals surface area contributed by atoms with Crippen LogP contribution in [-0.4, -0.2) is 0 Å². The van der Waals surface area contributed by atoms with Crippen LogP contribution in [0.2, 0.25) is 0 Å². The molecule has 0 atom stereocenters. The first-order valence-corrected chi connectivity index (χ1v) is 9.37. The van der Waals surface area contributed by atoms with E-state index in [0.717, 1.165) is 28.3 Å². The third-order valence-corrected chi connectivity index (χ3v) is 4.87. The molecular formula is C26H19N2+. The zero-order chi connectivity index (χ0) is 18.8. The SMILES string of the molecule is [C+]1=CC(Nc2ccc(Nc3ccc4ccccc4c3)cc2)=Cc2ccccc21. The van der Waals surface area contributed by atoms with Gasteiger partial charge in [-0.1, -0.05) is 30.3 Å². The van der Waals surface area contributed by atoms with Gasteiger partial charge < -0.3 is 10.6 Å². The highest BCUT2D eigenvalue weighted by atomic mass is 14.9. The number of anilines is 3. The number of fused-ring (bicyclic) bond motifs is 2.